The lowest BCUT2D eigenvalue weighted by atomic mass is 10.3. The predicted molar refractivity (Wildman–Crippen MR) is 55.7 cm³/mol. The summed E-state index contributed by atoms with van der Waals surface area (Å²) in [5, 5.41) is 8.80. The average molecular weight is 247 g/mol. The highest BCUT2D eigenvalue weighted by Crippen LogP contribution is 2.18. The van der Waals surface area contributed by atoms with Crippen LogP contribution in [0, 0.1) is 0 Å². The fourth-order valence-corrected chi connectivity index (χ4v) is 1.79. The molecule has 0 aliphatic heterocycles. The molecular weight excluding hydrogens is 232 g/mol. The van der Waals surface area contributed by atoms with Gasteiger partial charge in [-0.3, -0.25) is 0 Å². The molecule has 0 unspecified atom stereocenters. The van der Waals surface area contributed by atoms with Gasteiger partial charge >= 0.3 is 0 Å². The Morgan fingerprint density at radius 2 is 2.15 bits per heavy atom. The summed E-state index contributed by atoms with van der Waals surface area (Å²) < 4.78 is 3.03. The van der Waals surface area contributed by atoms with E-state index in [9.17, 15) is 0 Å². The van der Waals surface area contributed by atoms with Crippen molar-refractivity contribution in [3.8, 4) is 0 Å². The molecule has 1 heterocycles. The second-order valence-corrected chi connectivity index (χ2v) is 3.80. The van der Waals surface area contributed by atoms with Gasteiger partial charge in [0.05, 0.1) is 5.69 Å². The summed E-state index contributed by atoms with van der Waals surface area (Å²) in [4.78, 5) is 4.44. The average Bonchev–Trinajstić information content (AvgIpc) is 2.36. The zero-order valence-corrected chi connectivity index (χ0v) is 9.63. The molecule has 0 fully saturated rings. The third-order valence-electron chi connectivity index (χ3n) is 2.01. The molecule has 0 saturated heterocycles. The zero-order valence-electron chi connectivity index (χ0n) is 8.05. The van der Waals surface area contributed by atoms with Crippen molar-refractivity contribution in [3.05, 3.63) is 16.1 Å². The van der Waals surface area contributed by atoms with Crippen LogP contribution >= 0.6 is 15.9 Å². The van der Waals surface area contributed by atoms with Gasteiger partial charge in [-0.1, -0.05) is 6.92 Å². The lowest BCUT2D eigenvalue weighted by molar-refractivity contribution is 0.298. The van der Waals surface area contributed by atoms with E-state index in [0.717, 1.165) is 29.0 Å². The molecule has 0 spiro atoms. The number of aryl methyl sites for hydroxylation is 1. The van der Waals surface area contributed by atoms with E-state index in [2.05, 4.69) is 27.8 Å². The van der Waals surface area contributed by atoms with Crippen molar-refractivity contribution < 1.29 is 5.11 Å². The predicted octanol–water partition coefficient (Wildman–Crippen LogP) is 1.67. The third kappa shape index (κ3) is 2.31. The van der Waals surface area contributed by atoms with Crippen LogP contribution in [-0.4, -0.2) is 21.3 Å². The van der Waals surface area contributed by atoms with Gasteiger partial charge in [-0.2, -0.15) is 0 Å². The van der Waals surface area contributed by atoms with Gasteiger partial charge < -0.3 is 9.67 Å². The Morgan fingerprint density at radius 1 is 1.46 bits per heavy atom. The summed E-state index contributed by atoms with van der Waals surface area (Å²) in [7, 11) is 1.99. The SMILES string of the molecule is CCCc1nc(CCO)c(Br)n1C. The lowest BCUT2D eigenvalue weighted by Crippen LogP contribution is -1.96. The Balaban J connectivity index is 2.90. The largest absolute Gasteiger partial charge is 0.396 e. The number of aromatic nitrogens is 2. The van der Waals surface area contributed by atoms with Gasteiger partial charge in [-0.15, -0.1) is 0 Å². The maximum atomic E-state index is 8.80. The van der Waals surface area contributed by atoms with E-state index in [1.54, 1.807) is 0 Å². The van der Waals surface area contributed by atoms with Crippen molar-refractivity contribution in [2.75, 3.05) is 6.61 Å². The third-order valence-corrected chi connectivity index (χ3v) is 3.00. The van der Waals surface area contributed by atoms with E-state index in [1.165, 1.54) is 0 Å². The highest BCUT2D eigenvalue weighted by atomic mass is 79.9. The number of aliphatic hydroxyl groups excluding tert-OH is 1. The molecule has 13 heavy (non-hydrogen) atoms. The fourth-order valence-electron chi connectivity index (χ4n) is 1.30. The summed E-state index contributed by atoms with van der Waals surface area (Å²) in [6.07, 6.45) is 2.70. The molecule has 74 valence electrons. The van der Waals surface area contributed by atoms with Crippen LogP contribution in [0.3, 0.4) is 0 Å². The molecule has 0 atom stereocenters. The van der Waals surface area contributed by atoms with Crippen molar-refractivity contribution in [3.63, 3.8) is 0 Å². The normalized spacial score (nSPS) is 10.8. The van der Waals surface area contributed by atoms with Crippen LogP contribution in [0.15, 0.2) is 4.60 Å². The Labute approximate surface area is 86.9 Å². The van der Waals surface area contributed by atoms with Crippen molar-refractivity contribution in [1.82, 2.24) is 9.55 Å². The first-order valence-electron chi connectivity index (χ1n) is 4.51. The van der Waals surface area contributed by atoms with E-state index in [-0.39, 0.29) is 6.61 Å². The van der Waals surface area contributed by atoms with Gasteiger partial charge in [0.2, 0.25) is 0 Å². The van der Waals surface area contributed by atoms with Gasteiger partial charge in [0, 0.05) is 26.5 Å². The zero-order chi connectivity index (χ0) is 9.84. The van der Waals surface area contributed by atoms with E-state index < -0.39 is 0 Å². The monoisotopic (exact) mass is 246 g/mol. The van der Waals surface area contributed by atoms with Crippen molar-refractivity contribution >= 4 is 15.9 Å². The summed E-state index contributed by atoms with van der Waals surface area (Å²) in [5.41, 5.74) is 0.952. The quantitative estimate of drug-likeness (QED) is 0.878. The minimum absolute atomic E-state index is 0.154. The summed E-state index contributed by atoms with van der Waals surface area (Å²) >= 11 is 3.46. The molecule has 0 bridgehead atoms. The van der Waals surface area contributed by atoms with Crippen LogP contribution in [0.4, 0.5) is 0 Å². The van der Waals surface area contributed by atoms with E-state index in [0.29, 0.717) is 6.42 Å². The van der Waals surface area contributed by atoms with Gasteiger partial charge in [0.1, 0.15) is 10.4 Å². The summed E-state index contributed by atoms with van der Waals surface area (Å²) in [5.74, 6) is 1.08. The molecule has 0 amide bonds. The molecular formula is C9H15BrN2O. The molecule has 0 aliphatic carbocycles. The topological polar surface area (TPSA) is 38.1 Å². The molecule has 3 nitrogen and oxygen atoms in total. The molecule has 1 rings (SSSR count). The maximum Gasteiger partial charge on any atom is 0.109 e. The smallest absolute Gasteiger partial charge is 0.109 e. The van der Waals surface area contributed by atoms with Gasteiger partial charge in [-0.05, 0) is 22.4 Å². The summed E-state index contributed by atoms with van der Waals surface area (Å²) in [6.45, 7) is 2.29. The Hall–Kier alpha value is -0.350. The van der Waals surface area contributed by atoms with Gasteiger partial charge in [0.15, 0.2) is 0 Å². The highest BCUT2D eigenvalue weighted by molar-refractivity contribution is 9.10. The summed E-state index contributed by atoms with van der Waals surface area (Å²) in [6, 6.07) is 0. The molecule has 1 aromatic rings. The number of hydrogen-bond acceptors (Lipinski definition) is 2. The van der Waals surface area contributed by atoms with Crippen LogP contribution in [0.25, 0.3) is 0 Å². The molecule has 0 saturated carbocycles. The van der Waals surface area contributed by atoms with Crippen molar-refractivity contribution in [2.24, 2.45) is 7.05 Å². The number of rotatable bonds is 4. The second-order valence-electron chi connectivity index (χ2n) is 3.05. The van der Waals surface area contributed by atoms with E-state index in [4.69, 9.17) is 5.11 Å². The van der Waals surface area contributed by atoms with Gasteiger partial charge in [0.25, 0.3) is 0 Å². The molecule has 0 aromatic carbocycles. The molecule has 0 radical (unpaired) electrons. The number of hydrogen-bond donors (Lipinski definition) is 1. The maximum absolute atomic E-state index is 8.80. The number of aliphatic hydroxyl groups is 1. The van der Waals surface area contributed by atoms with E-state index in [1.807, 2.05) is 11.6 Å². The van der Waals surface area contributed by atoms with Gasteiger partial charge in [-0.25, -0.2) is 4.98 Å². The first-order chi connectivity index (χ1) is 6.20. The van der Waals surface area contributed by atoms with Crippen LogP contribution < -0.4 is 0 Å². The first kappa shape index (κ1) is 10.7. The van der Waals surface area contributed by atoms with Crippen LogP contribution in [0.2, 0.25) is 0 Å². The Kier molecular flexibility index (Phi) is 3.93. The number of nitrogens with zero attached hydrogens (tertiary/aromatic N) is 2. The second kappa shape index (κ2) is 4.77. The Morgan fingerprint density at radius 3 is 2.69 bits per heavy atom. The standard InChI is InChI=1S/C9H15BrN2O/c1-3-4-8-11-7(5-6-13)9(10)12(8)2/h13H,3-6H2,1-2H3. The molecule has 1 N–H and O–H groups in total. The minimum Gasteiger partial charge on any atom is -0.396 e. The number of imidazole rings is 1. The van der Waals surface area contributed by atoms with Crippen LogP contribution in [0.5, 0.6) is 0 Å². The molecule has 1 aromatic heterocycles. The number of halogens is 1. The first-order valence-corrected chi connectivity index (χ1v) is 5.30. The van der Waals surface area contributed by atoms with Crippen LogP contribution in [-0.2, 0) is 19.9 Å². The lowest BCUT2D eigenvalue weighted by Gasteiger charge is -1.98. The minimum atomic E-state index is 0.154. The molecule has 4 heteroatoms. The fraction of sp³-hybridized carbons (Fsp3) is 0.667. The highest BCUT2D eigenvalue weighted by Gasteiger charge is 2.10. The van der Waals surface area contributed by atoms with Crippen LogP contribution in [0.1, 0.15) is 24.9 Å². The van der Waals surface area contributed by atoms with Crippen molar-refractivity contribution in [1.29, 1.82) is 0 Å². The van der Waals surface area contributed by atoms with Crippen molar-refractivity contribution in [2.45, 2.75) is 26.2 Å². The Bertz CT molecular complexity index is 257. The molecule has 0 aliphatic rings. The van der Waals surface area contributed by atoms with E-state index >= 15 is 0 Å².